The van der Waals surface area contributed by atoms with Crippen LogP contribution in [0.15, 0.2) is 57.7 Å². The number of rotatable bonds is 7. The minimum absolute atomic E-state index is 0.246. The van der Waals surface area contributed by atoms with Gasteiger partial charge in [0.2, 0.25) is 0 Å². The van der Waals surface area contributed by atoms with Gasteiger partial charge < -0.3 is 14.6 Å². The number of halogens is 1. The second-order valence-corrected chi connectivity index (χ2v) is 9.69. The fraction of sp³-hybridized carbons (Fsp3) is 0.240. The first-order chi connectivity index (χ1) is 16.8. The van der Waals surface area contributed by atoms with Gasteiger partial charge in [0, 0.05) is 24.2 Å². The molecule has 2 aromatic carbocycles. The van der Waals surface area contributed by atoms with Crippen molar-refractivity contribution >= 4 is 44.2 Å². The summed E-state index contributed by atoms with van der Waals surface area (Å²) in [5.41, 5.74) is 3.43. The third-order valence-corrected chi connectivity index (χ3v) is 6.92. The van der Waals surface area contributed by atoms with Crippen molar-refractivity contribution in [3.05, 3.63) is 81.0 Å². The minimum atomic E-state index is -0.420. The molecule has 0 saturated carbocycles. The van der Waals surface area contributed by atoms with Crippen molar-refractivity contribution in [2.75, 3.05) is 26.0 Å². The molecule has 0 unspecified atom stereocenters. The zero-order valence-corrected chi connectivity index (χ0v) is 20.4. The van der Waals surface area contributed by atoms with E-state index >= 15 is 0 Å². The third kappa shape index (κ3) is 4.62. The lowest BCUT2D eigenvalue weighted by molar-refractivity contribution is 0.103. The molecule has 0 fully saturated rings. The average Bonchev–Trinajstić information content (AvgIpc) is 3.47. The van der Waals surface area contributed by atoms with Crippen LogP contribution in [0.4, 0.5) is 10.1 Å². The zero-order valence-electron chi connectivity index (χ0n) is 19.5. The fourth-order valence-electron chi connectivity index (χ4n) is 3.94. The van der Waals surface area contributed by atoms with E-state index in [9.17, 15) is 14.0 Å². The molecule has 0 radical (unpaired) electrons. The molecule has 0 saturated heterocycles. The molecule has 1 N–H and O–H groups in total. The summed E-state index contributed by atoms with van der Waals surface area (Å²) >= 11 is 1.35. The molecule has 1 amide bonds. The van der Waals surface area contributed by atoms with Crippen LogP contribution in [0.1, 0.15) is 20.9 Å². The quantitative estimate of drug-likeness (QED) is 0.365. The largest absolute Gasteiger partial charge is 0.419 e. The fourth-order valence-corrected chi connectivity index (χ4v) is 4.99. The third-order valence-electron chi connectivity index (χ3n) is 5.77. The Hall–Kier alpha value is -3.76. The summed E-state index contributed by atoms with van der Waals surface area (Å²) in [6, 6.07) is 13.3. The van der Waals surface area contributed by atoms with Gasteiger partial charge in [-0.05, 0) is 63.0 Å². The van der Waals surface area contributed by atoms with Crippen molar-refractivity contribution in [1.29, 1.82) is 0 Å². The van der Waals surface area contributed by atoms with Crippen LogP contribution in [0.5, 0.6) is 0 Å². The van der Waals surface area contributed by atoms with Crippen LogP contribution < -0.4 is 11.1 Å². The van der Waals surface area contributed by atoms with Crippen molar-refractivity contribution < 1.29 is 13.6 Å². The van der Waals surface area contributed by atoms with E-state index < -0.39 is 5.76 Å². The Bertz CT molecular complexity index is 1590. The van der Waals surface area contributed by atoms with Crippen molar-refractivity contribution in [3.8, 4) is 0 Å². The Balaban J connectivity index is 1.40. The van der Waals surface area contributed by atoms with Crippen molar-refractivity contribution in [3.63, 3.8) is 0 Å². The van der Waals surface area contributed by atoms with Gasteiger partial charge in [-0.25, -0.2) is 9.18 Å². The number of benzene rings is 2. The highest BCUT2D eigenvalue weighted by atomic mass is 32.1. The number of hydrogen-bond donors (Lipinski definition) is 1. The lowest BCUT2D eigenvalue weighted by Crippen LogP contribution is -2.23. The Kier molecular flexibility index (Phi) is 6.00. The number of likely N-dealkylation sites (N-methyl/N-ethyl adjacent to an activating group) is 1. The molecule has 0 aliphatic rings. The molecule has 35 heavy (non-hydrogen) atoms. The number of oxazole rings is 1. The minimum Gasteiger partial charge on any atom is -0.408 e. The van der Waals surface area contributed by atoms with Gasteiger partial charge >= 0.3 is 5.76 Å². The summed E-state index contributed by atoms with van der Waals surface area (Å²) in [4.78, 5) is 28.7. The molecule has 3 heterocycles. The highest BCUT2D eigenvalue weighted by molar-refractivity contribution is 7.20. The molecule has 180 valence electrons. The second-order valence-electron chi connectivity index (χ2n) is 8.66. The van der Waals surface area contributed by atoms with Crippen LogP contribution in [0, 0.1) is 12.7 Å². The number of amides is 1. The number of fused-ring (bicyclic) bond motifs is 2. The van der Waals surface area contributed by atoms with E-state index in [2.05, 4.69) is 10.4 Å². The van der Waals surface area contributed by atoms with Crippen molar-refractivity contribution in [1.82, 2.24) is 19.2 Å². The van der Waals surface area contributed by atoms with Gasteiger partial charge in [0.05, 0.1) is 22.6 Å². The predicted octanol–water partition coefficient (Wildman–Crippen LogP) is 4.32. The monoisotopic (exact) mass is 493 g/mol. The van der Waals surface area contributed by atoms with Gasteiger partial charge in [-0.1, -0.05) is 12.1 Å². The van der Waals surface area contributed by atoms with E-state index in [1.165, 1.54) is 23.5 Å². The molecule has 5 aromatic rings. The number of nitrogens with zero attached hydrogens (tertiary/aromatic N) is 4. The second kappa shape index (κ2) is 9.12. The number of aryl methyl sites for hydroxylation is 1. The van der Waals surface area contributed by atoms with Gasteiger partial charge in [-0.15, -0.1) is 11.3 Å². The van der Waals surface area contributed by atoms with E-state index in [0.717, 1.165) is 21.5 Å². The maximum atomic E-state index is 13.2. The first-order valence-electron chi connectivity index (χ1n) is 11.1. The number of nitrogens with one attached hydrogen (secondary N) is 1. The van der Waals surface area contributed by atoms with Crippen LogP contribution in [0.2, 0.25) is 0 Å². The van der Waals surface area contributed by atoms with Crippen LogP contribution in [0.3, 0.4) is 0 Å². The van der Waals surface area contributed by atoms with Gasteiger partial charge in [0.15, 0.2) is 5.58 Å². The van der Waals surface area contributed by atoms with Gasteiger partial charge in [-0.3, -0.25) is 14.0 Å². The van der Waals surface area contributed by atoms with Crippen LogP contribution in [-0.2, 0) is 13.1 Å². The van der Waals surface area contributed by atoms with Gasteiger partial charge in [0.1, 0.15) is 10.6 Å². The summed E-state index contributed by atoms with van der Waals surface area (Å²) in [6.45, 7) is 3.54. The number of hydrogen-bond acceptors (Lipinski definition) is 6. The lowest BCUT2D eigenvalue weighted by Gasteiger charge is -2.09. The predicted molar refractivity (Wildman–Crippen MR) is 135 cm³/mol. The number of anilines is 1. The Morgan fingerprint density at radius 1 is 1.17 bits per heavy atom. The number of thiophene rings is 1. The zero-order chi connectivity index (χ0) is 24.7. The van der Waals surface area contributed by atoms with E-state index in [4.69, 9.17) is 4.42 Å². The topological polar surface area (TPSA) is 85.3 Å². The number of carbonyl (C=O) groups excluding carboxylic acids is 1. The molecule has 10 heteroatoms. The normalized spacial score (nSPS) is 11.7. The van der Waals surface area contributed by atoms with Crippen LogP contribution >= 0.6 is 11.3 Å². The Morgan fingerprint density at radius 3 is 2.69 bits per heavy atom. The average molecular weight is 494 g/mol. The van der Waals surface area contributed by atoms with E-state index in [-0.39, 0.29) is 11.7 Å². The Labute approximate surface area is 204 Å². The highest BCUT2D eigenvalue weighted by Gasteiger charge is 2.18. The summed E-state index contributed by atoms with van der Waals surface area (Å²) in [5.74, 6) is -0.950. The molecular weight excluding hydrogens is 469 g/mol. The van der Waals surface area contributed by atoms with Gasteiger partial charge in [0.25, 0.3) is 5.91 Å². The van der Waals surface area contributed by atoms with Crippen LogP contribution in [-0.4, -0.2) is 45.8 Å². The molecule has 5 rings (SSSR count). The summed E-state index contributed by atoms with van der Waals surface area (Å²) in [5, 5.41) is 8.42. The maximum Gasteiger partial charge on any atom is 0.419 e. The molecule has 3 aromatic heterocycles. The first kappa shape index (κ1) is 23.0. The molecule has 8 nitrogen and oxygen atoms in total. The lowest BCUT2D eigenvalue weighted by atomic mass is 10.2. The smallest absolute Gasteiger partial charge is 0.408 e. The number of carbonyl (C=O) groups is 1. The molecule has 0 atom stereocenters. The number of aromatic nitrogens is 3. The van der Waals surface area contributed by atoms with Crippen LogP contribution in [0.25, 0.3) is 21.3 Å². The standard InChI is InChI=1S/C25H24FN5O3S/c1-15-19-13-22(35-24(19)31(28-15)14-16-4-6-17(26)7-5-16)23(32)27-18-8-9-21-20(12-18)30(25(33)34-21)11-10-29(2)3/h4-9,12-13H,10-11,14H2,1-3H3,(H,27,32). The SMILES string of the molecule is Cc1nn(Cc2ccc(F)cc2)c2sc(C(=O)Nc3ccc4oc(=O)n(CCN(C)C)c4c3)cc12. The summed E-state index contributed by atoms with van der Waals surface area (Å²) < 4.78 is 22.0. The van der Waals surface area contributed by atoms with Crippen molar-refractivity contribution in [2.45, 2.75) is 20.0 Å². The summed E-state index contributed by atoms with van der Waals surface area (Å²) in [7, 11) is 3.87. The molecule has 0 aliphatic heterocycles. The molecule has 0 bridgehead atoms. The molecular formula is C25H24FN5O3S. The summed E-state index contributed by atoms with van der Waals surface area (Å²) in [6.07, 6.45) is 0. The van der Waals surface area contributed by atoms with E-state index in [1.54, 1.807) is 34.9 Å². The first-order valence-corrected chi connectivity index (χ1v) is 11.9. The maximum absolute atomic E-state index is 13.2. The highest BCUT2D eigenvalue weighted by Crippen LogP contribution is 2.30. The van der Waals surface area contributed by atoms with Gasteiger partial charge in [-0.2, -0.15) is 5.10 Å². The van der Waals surface area contributed by atoms with E-state index in [1.807, 2.05) is 36.7 Å². The van der Waals surface area contributed by atoms with E-state index in [0.29, 0.717) is 41.3 Å². The molecule has 0 aliphatic carbocycles. The molecule has 0 spiro atoms. The Morgan fingerprint density at radius 2 is 1.94 bits per heavy atom. The van der Waals surface area contributed by atoms with Crippen molar-refractivity contribution in [2.24, 2.45) is 0 Å².